The first-order valence-electron chi connectivity index (χ1n) is 3.24. The van der Waals surface area contributed by atoms with Gasteiger partial charge in [-0.2, -0.15) is 0 Å². The molecule has 0 spiro atoms. The van der Waals surface area contributed by atoms with Gasteiger partial charge < -0.3 is 9.57 Å². The molecular formula is C6H10N2O4S. The van der Waals surface area contributed by atoms with Gasteiger partial charge in [-0.25, -0.2) is 9.59 Å². The Morgan fingerprint density at radius 1 is 1.46 bits per heavy atom. The van der Waals surface area contributed by atoms with Gasteiger partial charge in [0.1, 0.15) is 0 Å². The summed E-state index contributed by atoms with van der Waals surface area (Å²) in [7, 11) is 1.22. The van der Waals surface area contributed by atoms with Gasteiger partial charge in [-0.1, -0.05) is 16.9 Å². The molecular weight excluding hydrogens is 196 g/mol. The molecule has 1 N–H and O–H groups in total. The topological polar surface area (TPSA) is 77.0 Å². The van der Waals surface area contributed by atoms with Crippen LogP contribution >= 0.6 is 11.8 Å². The Balaban J connectivity index is 4.08. The van der Waals surface area contributed by atoms with Crippen molar-refractivity contribution in [3.05, 3.63) is 0 Å². The number of oxime groups is 1. The van der Waals surface area contributed by atoms with Gasteiger partial charge in [0.2, 0.25) is 5.17 Å². The van der Waals surface area contributed by atoms with Crippen LogP contribution in [-0.4, -0.2) is 30.6 Å². The van der Waals surface area contributed by atoms with Gasteiger partial charge in [0.15, 0.2) is 0 Å². The molecule has 0 saturated carbocycles. The second-order valence-corrected chi connectivity index (χ2v) is 2.59. The Morgan fingerprint density at radius 2 is 2.08 bits per heavy atom. The molecule has 0 aromatic heterocycles. The van der Waals surface area contributed by atoms with Crippen molar-refractivity contribution >= 4 is 29.0 Å². The number of ether oxygens (including phenoxy) is 1. The van der Waals surface area contributed by atoms with Gasteiger partial charge in [0.05, 0.1) is 7.11 Å². The first-order chi connectivity index (χ1) is 6.10. The molecule has 0 unspecified atom stereocenters. The van der Waals surface area contributed by atoms with E-state index in [4.69, 9.17) is 0 Å². The minimum atomic E-state index is -0.666. The molecule has 0 aliphatic heterocycles. The highest BCUT2D eigenvalue weighted by atomic mass is 32.2. The molecule has 0 aliphatic rings. The number of alkyl carbamates (subject to hydrolysis) is 1. The third-order valence-corrected chi connectivity index (χ3v) is 1.41. The summed E-state index contributed by atoms with van der Waals surface area (Å²) in [4.78, 5) is 25.3. The van der Waals surface area contributed by atoms with E-state index in [9.17, 15) is 9.59 Å². The molecule has 0 radical (unpaired) electrons. The molecule has 0 fully saturated rings. The fourth-order valence-electron chi connectivity index (χ4n) is 0.355. The lowest BCUT2D eigenvalue weighted by molar-refractivity contribution is -0.140. The summed E-state index contributed by atoms with van der Waals surface area (Å²) >= 11 is 1.12. The van der Waals surface area contributed by atoms with Crippen molar-refractivity contribution < 1.29 is 19.2 Å². The van der Waals surface area contributed by atoms with E-state index < -0.39 is 12.1 Å². The standard InChI is InChI=1S/C6H10N2O4S/c1-4(9)12-8-5(13-3)7-6(10)11-2/h1-3H3,(H,7,8,10). The fourth-order valence-corrected chi connectivity index (χ4v) is 0.652. The molecule has 1 amide bonds. The zero-order chi connectivity index (χ0) is 10.3. The first kappa shape index (κ1) is 11.8. The molecule has 74 valence electrons. The first-order valence-corrected chi connectivity index (χ1v) is 4.47. The third kappa shape index (κ3) is 5.97. The highest BCUT2D eigenvalue weighted by Crippen LogP contribution is 1.96. The van der Waals surface area contributed by atoms with Crippen LogP contribution in [0.15, 0.2) is 5.16 Å². The van der Waals surface area contributed by atoms with Crippen LogP contribution in [-0.2, 0) is 14.4 Å². The lowest BCUT2D eigenvalue weighted by atomic mass is 10.8. The predicted octanol–water partition coefficient (Wildman–Crippen LogP) is 0.540. The summed E-state index contributed by atoms with van der Waals surface area (Å²) in [6.07, 6.45) is 0.999. The van der Waals surface area contributed by atoms with Crippen LogP contribution in [0.1, 0.15) is 6.92 Å². The van der Waals surface area contributed by atoms with Crippen LogP contribution in [0.25, 0.3) is 0 Å². The highest BCUT2D eigenvalue weighted by molar-refractivity contribution is 8.13. The summed E-state index contributed by atoms with van der Waals surface area (Å²) < 4.78 is 4.30. The zero-order valence-corrected chi connectivity index (χ0v) is 8.30. The maximum atomic E-state index is 10.7. The highest BCUT2D eigenvalue weighted by Gasteiger charge is 2.04. The summed E-state index contributed by atoms with van der Waals surface area (Å²) in [6, 6.07) is 0. The number of thioether (sulfide) groups is 1. The largest absolute Gasteiger partial charge is 0.453 e. The number of hydrogen-bond donors (Lipinski definition) is 1. The Labute approximate surface area is 79.6 Å². The minimum absolute atomic E-state index is 0.155. The van der Waals surface area contributed by atoms with Crippen molar-refractivity contribution in [1.82, 2.24) is 5.32 Å². The van der Waals surface area contributed by atoms with Crippen molar-refractivity contribution in [2.24, 2.45) is 5.16 Å². The summed E-state index contributed by atoms with van der Waals surface area (Å²) in [5.41, 5.74) is 0. The van der Waals surface area contributed by atoms with Crippen LogP contribution in [0.3, 0.4) is 0 Å². The van der Waals surface area contributed by atoms with Gasteiger partial charge in [-0.3, -0.25) is 5.32 Å². The number of nitrogens with one attached hydrogen (secondary N) is 1. The van der Waals surface area contributed by atoms with Crippen LogP contribution in [0.2, 0.25) is 0 Å². The lowest BCUT2D eigenvalue weighted by Crippen LogP contribution is -2.28. The number of amides is 1. The SMILES string of the molecule is COC(=O)N/C(=N/OC(C)=O)SC. The number of nitrogens with zero attached hydrogens (tertiary/aromatic N) is 1. The van der Waals surface area contributed by atoms with Gasteiger partial charge >= 0.3 is 12.1 Å². The van der Waals surface area contributed by atoms with E-state index in [1.165, 1.54) is 14.0 Å². The average Bonchev–Trinajstić information content (AvgIpc) is 2.11. The number of methoxy groups -OCH3 is 1. The number of carbonyl (C=O) groups excluding carboxylic acids is 2. The monoisotopic (exact) mass is 206 g/mol. The van der Waals surface area contributed by atoms with E-state index in [0.717, 1.165) is 11.8 Å². The van der Waals surface area contributed by atoms with Crippen LogP contribution < -0.4 is 5.32 Å². The van der Waals surface area contributed by atoms with E-state index in [2.05, 4.69) is 20.0 Å². The Kier molecular flexibility index (Phi) is 5.69. The van der Waals surface area contributed by atoms with E-state index in [1.807, 2.05) is 0 Å². The van der Waals surface area contributed by atoms with Crippen molar-refractivity contribution in [2.75, 3.05) is 13.4 Å². The second-order valence-electron chi connectivity index (χ2n) is 1.80. The molecule has 0 atom stereocenters. The van der Waals surface area contributed by atoms with Crippen LogP contribution in [0.4, 0.5) is 4.79 Å². The molecule has 6 nitrogen and oxygen atoms in total. The predicted molar refractivity (Wildman–Crippen MR) is 48.3 cm³/mol. The van der Waals surface area contributed by atoms with Gasteiger partial charge in [-0.15, -0.1) is 0 Å². The van der Waals surface area contributed by atoms with E-state index in [1.54, 1.807) is 6.26 Å². The van der Waals surface area contributed by atoms with E-state index in [-0.39, 0.29) is 5.17 Å². The molecule has 0 heterocycles. The fraction of sp³-hybridized carbons (Fsp3) is 0.500. The normalized spacial score (nSPS) is 10.5. The number of hydrogen-bond acceptors (Lipinski definition) is 6. The van der Waals surface area contributed by atoms with E-state index >= 15 is 0 Å². The third-order valence-electron chi connectivity index (χ3n) is 0.845. The quantitative estimate of drug-likeness (QED) is 0.293. The molecule has 13 heavy (non-hydrogen) atoms. The molecule has 0 bridgehead atoms. The minimum Gasteiger partial charge on any atom is -0.453 e. The van der Waals surface area contributed by atoms with Gasteiger partial charge in [0, 0.05) is 6.92 Å². The molecule has 0 saturated heterocycles. The summed E-state index contributed by atoms with van der Waals surface area (Å²) in [5.74, 6) is -0.557. The van der Waals surface area contributed by atoms with E-state index in [0.29, 0.717) is 0 Å². The maximum absolute atomic E-state index is 10.7. The maximum Gasteiger partial charge on any atom is 0.413 e. The van der Waals surface area contributed by atoms with Crippen molar-refractivity contribution in [3.63, 3.8) is 0 Å². The molecule has 0 rings (SSSR count). The molecule has 0 aliphatic carbocycles. The number of rotatable bonds is 1. The summed E-state index contributed by atoms with van der Waals surface area (Å²) in [6.45, 7) is 1.21. The second kappa shape index (κ2) is 6.30. The number of carbonyl (C=O) groups is 2. The van der Waals surface area contributed by atoms with Gasteiger partial charge in [-0.05, 0) is 6.26 Å². The Hall–Kier alpha value is -1.24. The smallest absolute Gasteiger partial charge is 0.413 e. The van der Waals surface area contributed by atoms with Crippen molar-refractivity contribution in [1.29, 1.82) is 0 Å². The zero-order valence-electron chi connectivity index (χ0n) is 7.49. The average molecular weight is 206 g/mol. The Bertz CT molecular complexity index is 229. The number of amidine groups is 1. The van der Waals surface area contributed by atoms with Crippen LogP contribution in [0, 0.1) is 0 Å². The van der Waals surface area contributed by atoms with Crippen LogP contribution in [0.5, 0.6) is 0 Å². The van der Waals surface area contributed by atoms with Crippen molar-refractivity contribution in [3.8, 4) is 0 Å². The Morgan fingerprint density at radius 3 is 2.46 bits per heavy atom. The van der Waals surface area contributed by atoms with Crippen molar-refractivity contribution in [2.45, 2.75) is 6.92 Å². The molecule has 0 aromatic carbocycles. The molecule has 7 heteroatoms. The summed E-state index contributed by atoms with van der Waals surface area (Å²) in [5, 5.41) is 5.75. The lowest BCUT2D eigenvalue weighted by Gasteiger charge is -2.02. The van der Waals surface area contributed by atoms with Gasteiger partial charge in [0.25, 0.3) is 0 Å². The molecule has 0 aromatic rings.